The van der Waals surface area contributed by atoms with E-state index in [-0.39, 0.29) is 22.9 Å². The van der Waals surface area contributed by atoms with Crippen molar-refractivity contribution in [3.05, 3.63) is 86.4 Å². The maximum Gasteiger partial charge on any atom is 0.407 e. The van der Waals surface area contributed by atoms with Crippen LogP contribution in [0.5, 0.6) is 0 Å². The molecule has 1 aliphatic rings. The van der Waals surface area contributed by atoms with Crippen LogP contribution in [0.1, 0.15) is 61.0 Å². The molecule has 0 spiro atoms. The zero-order valence-corrected chi connectivity index (χ0v) is 29.7. The van der Waals surface area contributed by atoms with Crippen LogP contribution in [0.15, 0.2) is 54.6 Å². The molecule has 2 atom stereocenters. The Morgan fingerprint density at radius 1 is 0.830 bits per heavy atom. The first kappa shape index (κ1) is 36.6. The van der Waals surface area contributed by atoms with E-state index in [1.54, 1.807) is 70.2 Å². The predicted molar refractivity (Wildman–Crippen MR) is 188 cm³/mol. The first-order valence-electron chi connectivity index (χ1n) is 14.6. The zero-order chi connectivity index (χ0) is 34.7. The molecule has 250 valence electrons. The summed E-state index contributed by atoms with van der Waals surface area (Å²) in [5.74, 6) is -2.45. The van der Waals surface area contributed by atoms with Gasteiger partial charge >= 0.3 is 6.09 Å². The molecule has 0 aliphatic heterocycles. The Kier molecular flexibility index (Phi) is 11.6. The van der Waals surface area contributed by atoms with Gasteiger partial charge in [0.15, 0.2) is 0 Å². The van der Waals surface area contributed by atoms with Crippen molar-refractivity contribution in [3.8, 4) is 0 Å². The molecule has 4 rings (SSSR count). The molecule has 2 unspecified atom stereocenters. The number of carbonyl (C=O) groups excluding carboxylic acids is 4. The molecule has 1 aliphatic carbocycles. The highest BCUT2D eigenvalue weighted by Crippen LogP contribution is 2.65. The number of aryl methyl sites for hydroxylation is 1. The Hall–Kier alpha value is -3.21. The first-order chi connectivity index (χ1) is 22.0. The van der Waals surface area contributed by atoms with Gasteiger partial charge in [-0.15, -0.1) is 23.2 Å². The minimum Gasteiger partial charge on any atom is -0.444 e. The predicted octanol–water partition coefficient (Wildman–Crippen LogP) is 8.98. The summed E-state index contributed by atoms with van der Waals surface area (Å²) in [6.45, 7) is 7.38. The average molecular weight is 743 g/mol. The number of anilines is 3. The van der Waals surface area contributed by atoms with Crippen LogP contribution in [-0.2, 0) is 14.3 Å². The highest BCUT2D eigenvalue weighted by molar-refractivity contribution is 6.53. The minimum absolute atomic E-state index is 0.126. The van der Waals surface area contributed by atoms with Crippen molar-refractivity contribution in [3.63, 3.8) is 0 Å². The SMILES string of the molecule is Cc1cc(NC(=O)CCCNC(=O)OC(C)(C)C)ccc1NC(=O)c1cc(NC(=O)C2C(c3ccc(Cl)c(Cl)c3)C2(Cl)Cl)ccc1Cl. The summed E-state index contributed by atoms with van der Waals surface area (Å²) >= 11 is 31.4. The number of hydrogen-bond donors (Lipinski definition) is 4. The van der Waals surface area contributed by atoms with Crippen molar-refractivity contribution in [2.24, 2.45) is 5.92 Å². The number of ether oxygens (including phenoxy) is 1. The van der Waals surface area contributed by atoms with Crippen LogP contribution in [0.25, 0.3) is 0 Å². The number of hydrogen-bond acceptors (Lipinski definition) is 5. The van der Waals surface area contributed by atoms with Gasteiger partial charge in [-0.05, 0) is 93.8 Å². The normalized spacial score (nSPS) is 16.5. The molecule has 9 nitrogen and oxygen atoms in total. The summed E-state index contributed by atoms with van der Waals surface area (Å²) in [4.78, 5) is 50.5. The second kappa shape index (κ2) is 14.9. The summed E-state index contributed by atoms with van der Waals surface area (Å²) in [7, 11) is 0. The van der Waals surface area contributed by atoms with E-state index in [2.05, 4.69) is 21.3 Å². The summed E-state index contributed by atoms with van der Waals surface area (Å²) in [6, 6.07) is 14.5. The lowest BCUT2D eigenvalue weighted by Gasteiger charge is -2.19. The molecule has 1 saturated carbocycles. The maximum absolute atomic E-state index is 13.2. The Morgan fingerprint density at radius 3 is 2.15 bits per heavy atom. The van der Waals surface area contributed by atoms with E-state index in [9.17, 15) is 19.2 Å². The van der Waals surface area contributed by atoms with Crippen molar-refractivity contribution < 1.29 is 23.9 Å². The van der Waals surface area contributed by atoms with Crippen molar-refractivity contribution >= 4 is 98.9 Å². The third-order valence-electron chi connectivity index (χ3n) is 7.12. The smallest absolute Gasteiger partial charge is 0.407 e. The first-order valence-corrected chi connectivity index (χ1v) is 16.5. The van der Waals surface area contributed by atoms with Crippen LogP contribution in [0.2, 0.25) is 15.1 Å². The number of alkyl carbamates (subject to hydrolysis) is 1. The van der Waals surface area contributed by atoms with Gasteiger partial charge in [0.1, 0.15) is 9.93 Å². The molecule has 1 fully saturated rings. The Morgan fingerprint density at radius 2 is 1.49 bits per heavy atom. The van der Waals surface area contributed by atoms with Crippen LogP contribution >= 0.6 is 58.0 Å². The molecule has 4 amide bonds. The molecular weight excluding hydrogens is 710 g/mol. The fourth-order valence-electron chi connectivity index (χ4n) is 4.82. The molecule has 47 heavy (non-hydrogen) atoms. The lowest BCUT2D eigenvalue weighted by Crippen LogP contribution is -2.33. The van der Waals surface area contributed by atoms with Crippen molar-refractivity contribution in [1.29, 1.82) is 0 Å². The number of amides is 4. The van der Waals surface area contributed by atoms with Gasteiger partial charge in [0.2, 0.25) is 11.8 Å². The van der Waals surface area contributed by atoms with Gasteiger partial charge in [-0.25, -0.2) is 4.79 Å². The average Bonchev–Trinajstić information content (AvgIpc) is 3.55. The van der Waals surface area contributed by atoms with Gasteiger partial charge < -0.3 is 26.0 Å². The molecule has 3 aromatic carbocycles. The number of carbonyl (C=O) groups is 4. The molecule has 4 N–H and O–H groups in total. The second-order valence-electron chi connectivity index (χ2n) is 12.1. The topological polar surface area (TPSA) is 126 Å². The van der Waals surface area contributed by atoms with E-state index >= 15 is 0 Å². The standard InChI is InChI=1S/C33H33Cl5N4O5/c1-17-14-19(40-26(43)6-5-13-39-31(46)47-32(2,3)4)9-12-25(17)42-29(44)21-16-20(8-11-22(21)34)41-30(45)28-27(33(28,37)38)18-7-10-23(35)24(36)15-18/h7-12,14-16,27-28H,5-6,13H2,1-4H3,(H,39,46)(H,40,43)(H,41,45)(H,42,44). The van der Waals surface area contributed by atoms with Crippen LogP contribution in [-0.4, -0.2) is 40.3 Å². The monoisotopic (exact) mass is 740 g/mol. The van der Waals surface area contributed by atoms with Crippen LogP contribution in [0.3, 0.4) is 0 Å². The molecular formula is C33H33Cl5N4O5. The number of benzene rings is 3. The highest BCUT2D eigenvalue weighted by Gasteiger charge is 2.67. The quantitative estimate of drug-likeness (QED) is 0.122. The minimum atomic E-state index is -1.35. The number of halogens is 5. The van der Waals surface area contributed by atoms with Gasteiger partial charge in [-0.3, -0.25) is 14.4 Å². The summed E-state index contributed by atoms with van der Waals surface area (Å²) in [6.07, 6.45) is 0.0763. The Balaban J connectivity index is 1.32. The molecule has 0 radical (unpaired) electrons. The Bertz CT molecular complexity index is 1710. The third-order valence-corrected chi connectivity index (χ3v) is 9.13. The van der Waals surface area contributed by atoms with Gasteiger partial charge in [0.25, 0.3) is 5.91 Å². The lowest BCUT2D eigenvalue weighted by molar-refractivity contribution is -0.117. The number of nitrogens with one attached hydrogen (secondary N) is 4. The summed E-state index contributed by atoms with van der Waals surface area (Å²) < 4.78 is 3.82. The second-order valence-corrected chi connectivity index (χ2v) is 14.7. The van der Waals surface area contributed by atoms with Crippen LogP contribution in [0, 0.1) is 12.8 Å². The largest absolute Gasteiger partial charge is 0.444 e. The fraction of sp³-hybridized carbons (Fsp3) is 0.333. The van der Waals surface area contributed by atoms with Crippen molar-refractivity contribution in [2.45, 2.75) is 56.4 Å². The van der Waals surface area contributed by atoms with Gasteiger partial charge in [0.05, 0.1) is 26.5 Å². The third kappa shape index (κ3) is 9.67. The molecule has 3 aromatic rings. The van der Waals surface area contributed by atoms with Crippen LogP contribution < -0.4 is 21.3 Å². The molecule has 14 heteroatoms. The van der Waals surface area contributed by atoms with Crippen molar-refractivity contribution in [2.75, 3.05) is 22.5 Å². The molecule has 0 saturated heterocycles. The maximum atomic E-state index is 13.2. The number of rotatable bonds is 10. The Labute approximate surface area is 297 Å². The van der Waals surface area contributed by atoms with Crippen molar-refractivity contribution in [1.82, 2.24) is 5.32 Å². The van der Waals surface area contributed by atoms with E-state index < -0.39 is 39.7 Å². The molecule has 0 aromatic heterocycles. The van der Waals surface area contributed by atoms with Crippen LogP contribution in [0.4, 0.5) is 21.9 Å². The lowest BCUT2D eigenvalue weighted by atomic mass is 10.1. The summed E-state index contributed by atoms with van der Waals surface area (Å²) in [5, 5.41) is 11.9. The van der Waals surface area contributed by atoms with E-state index in [0.29, 0.717) is 51.2 Å². The van der Waals surface area contributed by atoms with E-state index in [1.807, 2.05) is 0 Å². The zero-order valence-electron chi connectivity index (χ0n) is 25.9. The molecule has 0 heterocycles. The van der Waals surface area contributed by atoms with E-state index in [0.717, 1.165) is 0 Å². The molecule has 0 bridgehead atoms. The van der Waals surface area contributed by atoms with E-state index in [4.69, 9.17) is 62.7 Å². The van der Waals surface area contributed by atoms with Gasteiger partial charge in [-0.2, -0.15) is 0 Å². The van der Waals surface area contributed by atoms with Gasteiger partial charge in [0, 0.05) is 35.9 Å². The van der Waals surface area contributed by atoms with E-state index in [1.165, 1.54) is 12.1 Å². The fourth-order valence-corrected chi connectivity index (χ4v) is 6.16. The highest BCUT2D eigenvalue weighted by atomic mass is 35.5. The van der Waals surface area contributed by atoms with Gasteiger partial charge in [-0.1, -0.05) is 40.9 Å². The number of alkyl halides is 2. The summed E-state index contributed by atoms with van der Waals surface area (Å²) in [5.41, 5.74) is 2.25.